The zero-order valence-corrected chi connectivity index (χ0v) is 13.3. The van der Waals surface area contributed by atoms with E-state index >= 15 is 0 Å². The number of benzene rings is 1. The molecule has 24 heavy (non-hydrogen) atoms. The second kappa shape index (κ2) is 6.37. The average Bonchev–Trinajstić information content (AvgIpc) is 2.96. The van der Waals surface area contributed by atoms with E-state index in [4.69, 9.17) is 11.6 Å². The largest absolute Gasteiger partial charge is 0.451 e. The molecule has 0 unspecified atom stereocenters. The quantitative estimate of drug-likeness (QED) is 0.742. The molecule has 1 heterocycles. The zero-order chi connectivity index (χ0) is 18.1. The normalized spacial score (nSPS) is 12.2. The highest BCUT2D eigenvalue weighted by Crippen LogP contribution is 2.26. The van der Waals surface area contributed by atoms with Crippen LogP contribution in [-0.4, -0.2) is 36.6 Å². The van der Waals surface area contributed by atoms with Crippen LogP contribution in [0.25, 0.3) is 0 Å². The van der Waals surface area contributed by atoms with E-state index in [2.05, 4.69) is 14.8 Å². The minimum absolute atomic E-state index is 0.103. The summed E-state index contributed by atoms with van der Waals surface area (Å²) in [5.74, 6) is -3.00. The highest BCUT2D eigenvalue weighted by atomic mass is 35.5. The number of anilines is 1. The summed E-state index contributed by atoms with van der Waals surface area (Å²) in [6.07, 6.45) is -4.76. The number of carbonyl (C=O) groups excluding carboxylic acids is 1. The van der Waals surface area contributed by atoms with Gasteiger partial charge in [0, 0.05) is 0 Å². The van der Waals surface area contributed by atoms with Crippen molar-refractivity contribution in [1.82, 2.24) is 19.9 Å². The predicted molar refractivity (Wildman–Crippen MR) is 77.0 cm³/mol. The third-order valence-electron chi connectivity index (χ3n) is 2.74. The summed E-state index contributed by atoms with van der Waals surface area (Å²) in [7, 11) is -2.66. The van der Waals surface area contributed by atoms with Crippen LogP contribution in [0.3, 0.4) is 0 Å². The molecular formula is C11H9ClF3N5O3S. The summed E-state index contributed by atoms with van der Waals surface area (Å²) in [5.41, 5.74) is -0.272. The van der Waals surface area contributed by atoms with Crippen molar-refractivity contribution in [3.8, 4) is 0 Å². The van der Waals surface area contributed by atoms with E-state index in [9.17, 15) is 26.4 Å². The molecule has 0 radical (unpaired) electrons. The number of H-pyrrole nitrogens is 1. The van der Waals surface area contributed by atoms with Gasteiger partial charge in [-0.1, -0.05) is 11.6 Å². The SMILES string of the molecule is CNS(=O)(=O)c1ccc(Cl)c(C(=O)Nc2n[nH]c(C(F)(F)F)n2)c1. The molecule has 3 N–H and O–H groups in total. The van der Waals surface area contributed by atoms with Gasteiger partial charge in [0.05, 0.1) is 15.5 Å². The van der Waals surface area contributed by atoms with Crippen molar-refractivity contribution in [2.24, 2.45) is 0 Å². The van der Waals surface area contributed by atoms with Crippen LogP contribution in [0.1, 0.15) is 16.2 Å². The van der Waals surface area contributed by atoms with Gasteiger partial charge in [0.1, 0.15) is 0 Å². The molecule has 0 fully saturated rings. The second-order valence-electron chi connectivity index (χ2n) is 4.31. The molecule has 0 spiro atoms. The molecule has 1 amide bonds. The molecular weight excluding hydrogens is 375 g/mol. The highest BCUT2D eigenvalue weighted by Gasteiger charge is 2.35. The number of alkyl halides is 3. The number of aromatic nitrogens is 3. The van der Waals surface area contributed by atoms with E-state index in [0.29, 0.717) is 0 Å². The van der Waals surface area contributed by atoms with Gasteiger partial charge in [-0.25, -0.2) is 13.1 Å². The minimum Gasteiger partial charge on any atom is -0.289 e. The number of halogens is 4. The summed E-state index contributed by atoms with van der Waals surface area (Å²) in [4.78, 5) is 14.9. The van der Waals surface area contributed by atoms with Crippen LogP contribution in [0, 0.1) is 0 Å². The number of hydrogen-bond donors (Lipinski definition) is 3. The lowest BCUT2D eigenvalue weighted by Crippen LogP contribution is -2.20. The van der Waals surface area contributed by atoms with Crippen LogP contribution >= 0.6 is 11.6 Å². The Balaban J connectivity index is 2.30. The Morgan fingerprint density at radius 1 is 1.33 bits per heavy atom. The number of carbonyl (C=O) groups is 1. The van der Waals surface area contributed by atoms with Crippen LogP contribution in [0.2, 0.25) is 5.02 Å². The molecule has 0 aliphatic carbocycles. The molecule has 130 valence electrons. The minimum atomic E-state index is -4.76. The maximum absolute atomic E-state index is 12.4. The fraction of sp³-hybridized carbons (Fsp3) is 0.182. The molecule has 0 saturated carbocycles. The van der Waals surface area contributed by atoms with E-state index in [1.807, 2.05) is 5.32 Å². The lowest BCUT2D eigenvalue weighted by Gasteiger charge is -2.07. The van der Waals surface area contributed by atoms with Gasteiger partial charge >= 0.3 is 6.18 Å². The fourth-order valence-corrected chi connectivity index (χ4v) is 2.54. The first-order valence-corrected chi connectivity index (χ1v) is 7.95. The van der Waals surface area contributed by atoms with Crippen LogP contribution < -0.4 is 10.0 Å². The van der Waals surface area contributed by atoms with E-state index in [1.165, 1.54) is 19.2 Å². The first-order chi connectivity index (χ1) is 11.0. The molecule has 0 atom stereocenters. The van der Waals surface area contributed by atoms with Crippen molar-refractivity contribution >= 4 is 33.5 Å². The van der Waals surface area contributed by atoms with E-state index < -0.39 is 33.9 Å². The molecule has 0 saturated heterocycles. The van der Waals surface area contributed by atoms with Crippen LogP contribution in [-0.2, 0) is 16.2 Å². The molecule has 0 bridgehead atoms. The maximum Gasteiger partial charge on any atom is 0.451 e. The van der Waals surface area contributed by atoms with Crippen molar-refractivity contribution < 1.29 is 26.4 Å². The van der Waals surface area contributed by atoms with Crippen LogP contribution in [0.4, 0.5) is 19.1 Å². The number of nitrogens with one attached hydrogen (secondary N) is 3. The lowest BCUT2D eigenvalue weighted by atomic mass is 10.2. The Hall–Kier alpha value is -2.18. The third-order valence-corrected chi connectivity index (χ3v) is 4.48. The summed E-state index contributed by atoms with van der Waals surface area (Å²) in [5, 5.41) is 6.72. The molecule has 2 aromatic rings. The highest BCUT2D eigenvalue weighted by molar-refractivity contribution is 7.89. The smallest absolute Gasteiger partial charge is 0.289 e. The van der Waals surface area contributed by atoms with E-state index in [-0.39, 0.29) is 15.5 Å². The molecule has 2 rings (SSSR count). The number of hydrogen-bond acceptors (Lipinski definition) is 5. The van der Waals surface area contributed by atoms with Crippen LogP contribution in [0.5, 0.6) is 0 Å². The van der Waals surface area contributed by atoms with Gasteiger partial charge in [0.15, 0.2) is 0 Å². The summed E-state index contributed by atoms with van der Waals surface area (Å²) in [6, 6.07) is 3.31. The van der Waals surface area contributed by atoms with Crippen molar-refractivity contribution in [1.29, 1.82) is 0 Å². The van der Waals surface area contributed by atoms with Crippen molar-refractivity contribution in [3.05, 3.63) is 34.6 Å². The fourth-order valence-electron chi connectivity index (χ4n) is 1.58. The van der Waals surface area contributed by atoms with Crippen molar-refractivity contribution in [3.63, 3.8) is 0 Å². The van der Waals surface area contributed by atoms with Gasteiger partial charge < -0.3 is 0 Å². The molecule has 0 aliphatic rings. The second-order valence-corrected chi connectivity index (χ2v) is 6.60. The topological polar surface area (TPSA) is 117 Å². The van der Waals surface area contributed by atoms with Crippen LogP contribution in [0.15, 0.2) is 23.1 Å². The Labute approximate surface area is 138 Å². The summed E-state index contributed by atoms with van der Waals surface area (Å²) in [6.45, 7) is 0. The molecule has 1 aromatic carbocycles. The van der Waals surface area contributed by atoms with Gasteiger partial charge in [-0.3, -0.25) is 15.2 Å². The molecule has 0 aliphatic heterocycles. The number of rotatable bonds is 4. The van der Waals surface area contributed by atoms with Crippen molar-refractivity contribution in [2.45, 2.75) is 11.1 Å². The monoisotopic (exact) mass is 383 g/mol. The summed E-state index contributed by atoms with van der Waals surface area (Å²) >= 11 is 5.82. The maximum atomic E-state index is 12.4. The Morgan fingerprint density at radius 3 is 2.54 bits per heavy atom. The number of nitrogens with zero attached hydrogens (tertiary/aromatic N) is 2. The van der Waals surface area contributed by atoms with E-state index in [0.717, 1.165) is 6.07 Å². The third kappa shape index (κ3) is 3.83. The first-order valence-electron chi connectivity index (χ1n) is 6.08. The molecule has 1 aromatic heterocycles. The zero-order valence-electron chi connectivity index (χ0n) is 11.8. The number of sulfonamides is 1. The average molecular weight is 384 g/mol. The number of amides is 1. The van der Waals surface area contributed by atoms with Gasteiger partial charge in [-0.05, 0) is 25.2 Å². The van der Waals surface area contributed by atoms with Gasteiger partial charge in [0.25, 0.3) is 5.91 Å². The first kappa shape index (κ1) is 18.2. The Morgan fingerprint density at radius 2 is 2.00 bits per heavy atom. The van der Waals surface area contributed by atoms with Gasteiger partial charge in [0.2, 0.25) is 21.8 Å². The number of aromatic amines is 1. The lowest BCUT2D eigenvalue weighted by molar-refractivity contribution is -0.144. The Kier molecular flexibility index (Phi) is 4.82. The summed E-state index contributed by atoms with van der Waals surface area (Å²) < 4.78 is 62.7. The van der Waals surface area contributed by atoms with Gasteiger partial charge in [-0.15, -0.1) is 5.10 Å². The predicted octanol–water partition coefficient (Wildman–Crippen LogP) is 1.64. The standard InChI is InChI=1S/C11H9ClF3N5O3S/c1-16-24(22,23)5-2-3-7(12)6(4-5)8(21)17-10-18-9(19-20-10)11(13,14)15/h2-4,16H,1H3,(H2,17,18,19,20,21). The molecule has 8 nitrogen and oxygen atoms in total. The Bertz CT molecular complexity index is 881. The molecule has 13 heteroatoms. The van der Waals surface area contributed by atoms with E-state index in [1.54, 1.807) is 5.10 Å². The van der Waals surface area contributed by atoms with Gasteiger partial charge in [-0.2, -0.15) is 18.2 Å². The van der Waals surface area contributed by atoms with Crippen molar-refractivity contribution in [2.75, 3.05) is 12.4 Å².